The smallest absolute Gasteiger partial charge is 0.363 e. The lowest BCUT2D eigenvalue weighted by molar-refractivity contribution is -0.144. The van der Waals surface area contributed by atoms with Crippen molar-refractivity contribution < 1.29 is 13.2 Å². The lowest BCUT2D eigenvalue weighted by Crippen LogP contribution is -2.18. The molecular weight excluding hydrogens is 323 g/mol. The van der Waals surface area contributed by atoms with Crippen LogP contribution in [-0.4, -0.2) is 9.97 Å². The Morgan fingerprint density at radius 3 is 2.90 bits per heavy atom. The number of rotatable bonds is 2. The minimum Gasteiger partial charge on any atom is -0.363 e. The van der Waals surface area contributed by atoms with Crippen molar-refractivity contribution in [3.63, 3.8) is 0 Å². The fourth-order valence-electron chi connectivity index (χ4n) is 2.43. The molecule has 2 aromatic rings. The summed E-state index contributed by atoms with van der Waals surface area (Å²) in [4.78, 5) is 8.02. The summed E-state index contributed by atoms with van der Waals surface area (Å²) in [6.07, 6.45) is -1.74. The first-order valence-corrected chi connectivity index (χ1v) is 7.64. The van der Waals surface area contributed by atoms with Crippen molar-refractivity contribution in [3.8, 4) is 0 Å². The Labute approximate surface area is 128 Å². The Morgan fingerprint density at radius 1 is 1.33 bits per heavy atom. The summed E-state index contributed by atoms with van der Waals surface area (Å²) < 4.78 is 38.1. The molecule has 3 rings (SSSR count). The normalized spacial score (nSPS) is 18.4. The first kappa shape index (κ1) is 14.6. The third-order valence-electron chi connectivity index (χ3n) is 3.32. The number of nitrogens with zero attached hydrogens (tertiary/aromatic N) is 2. The molecule has 2 aromatic heterocycles. The summed E-state index contributed by atoms with van der Waals surface area (Å²) in [5.74, 6) is -1.12. The fourth-order valence-corrected chi connectivity index (χ4v) is 3.60. The third-order valence-corrected chi connectivity index (χ3v) is 4.51. The summed E-state index contributed by atoms with van der Waals surface area (Å²) >= 11 is 7.34. The van der Waals surface area contributed by atoms with Crippen LogP contribution in [0.15, 0.2) is 17.5 Å². The molecule has 3 nitrogen and oxygen atoms in total. The number of alkyl halides is 3. The van der Waals surface area contributed by atoms with Crippen LogP contribution < -0.4 is 5.32 Å². The predicted octanol–water partition coefficient (Wildman–Crippen LogP) is 4.70. The van der Waals surface area contributed by atoms with E-state index < -0.39 is 12.0 Å². The van der Waals surface area contributed by atoms with E-state index in [0.29, 0.717) is 0 Å². The van der Waals surface area contributed by atoms with E-state index in [4.69, 9.17) is 11.6 Å². The second-order valence-electron chi connectivity index (χ2n) is 4.79. The topological polar surface area (TPSA) is 37.8 Å². The third kappa shape index (κ3) is 3.13. The van der Waals surface area contributed by atoms with Gasteiger partial charge in [-0.25, -0.2) is 9.97 Å². The molecule has 1 atom stereocenters. The van der Waals surface area contributed by atoms with Gasteiger partial charge in [0.05, 0.1) is 6.04 Å². The van der Waals surface area contributed by atoms with Gasteiger partial charge in [-0.3, -0.25) is 0 Å². The van der Waals surface area contributed by atoms with Crippen LogP contribution in [0.4, 0.5) is 19.0 Å². The first-order valence-electron chi connectivity index (χ1n) is 6.38. The highest BCUT2D eigenvalue weighted by Crippen LogP contribution is 2.36. The summed E-state index contributed by atoms with van der Waals surface area (Å²) in [5, 5.41) is 4.83. The molecule has 112 valence electrons. The first-order chi connectivity index (χ1) is 9.93. The Kier molecular flexibility index (Phi) is 3.79. The number of nitrogens with one attached hydrogen (secondary N) is 1. The average molecular weight is 334 g/mol. The Balaban J connectivity index is 1.88. The van der Waals surface area contributed by atoms with Crippen molar-refractivity contribution in [2.75, 3.05) is 5.32 Å². The van der Waals surface area contributed by atoms with Crippen LogP contribution in [0.2, 0.25) is 5.15 Å². The lowest BCUT2D eigenvalue weighted by atomic mass is 9.94. The van der Waals surface area contributed by atoms with E-state index in [9.17, 15) is 13.2 Å². The molecule has 0 bridgehead atoms. The number of fused-ring (bicyclic) bond motifs is 1. The number of anilines is 1. The van der Waals surface area contributed by atoms with Crippen LogP contribution in [-0.2, 0) is 12.6 Å². The second kappa shape index (κ2) is 5.46. The van der Waals surface area contributed by atoms with Gasteiger partial charge in [-0.15, -0.1) is 11.3 Å². The van der Waals surface area contributed by atoms with Crippen molar-refractivity contribution in [1.82, 2.24) is 9.97 Å². The molecule has 21 heavy (non-hydrogen) atoms. The molecular formula is C13H11ClF3N3S. The zero-order chi connectivity index (χ0) is 15.0. The Bertz CT molecular complexity index is 656. The SMILES string of the molecule is FC(F)(F)c1nc(Cl)cc(NC2CCCc3sccc32)n1. The summed E-state index contributed by atoms with van der Waals surface area (Å²) in [6, 6.07) is 3.29. The van der Waals surface area contributed by atoms with E-state index in [1.807, 2.05) is 11.4 Å². The van der Waals surface area contributed by atoms with Gasteiger partial charge >= 0.3 is 6.18 Å². The van der Waals surface area contributed by atoms with Crippen LogP contribution >= 0.6 is 22.9 Å². The van der Waals surface area contributed by atoms with Crippen LogP contribution in [0.5, 0.6) is 0 Å². The fraction of sp³-hybridized carbons (Fsp3) is 0.385. The number of aromatic nitrogens is 2. The zero-order valence-corrected chi connectivity index (χ0v) is 12.3. The molecule has 0 aliphatic heterocycles. The van der Waals surface area contributed by atoms with Crippen molar-refractivity contribution in [2.45, 2.75) is 31.5 Å². The Hall–Kier alpha value is -1.34. The van der Waals surface area contributed by atoms with Crippen molar-refractivity contribution in [3.05, 3.63) is 38.9 Å². The highest BCUT2D eigenvalue weighted by Gasteiger charge is 2.35. The largest absolute Gasteiger partial charge is 0.451 e. The summed E-state index contributed by atoms with van der Waals surface area (Å²) in [6.45, 7) is 0. The van der Waals surface area contributed by atoms with E-state index in [1.165, 1.54) is 10.9 Å². The van der Waals surface area contributed by atoms with Gasteiger partial charge in [-0.1, -0.05) is 11.6 Å². The number of aryl methyl sites for hydroxylation is 1. The van der Waals surface area contributed by atoms with Gasteiger partial charge in [-0.2, -0.15) is 13.2 Å². The quantitative estimate of drug-likeness (QED) is 0.809. The highest BCUT2D eigenvalue weighted by atomic mass is 35.5. The highest BCUT2D eigenvalue weighted by molar-refractivity contribution is 7.10. The van der Waals surface area contributed by atoms with E-state index >= 15 is 0 Å². The number of hydrogen-bond donors (Lipinski definition) is 1. The van der Waals surface area contributed by atoms with Gasteiger partial charge in [0.15, 0.2) is 0 Å². The van der Waals surface area contributed by atoms with Crippen LogP contribution in [0.1, 0.15) is 35.1 Å². The standard InChI is InChI=1S/C13H11ClF3N3S/c14-10-6-11(20-12(19-10)13(15,16)17)18-8-2-1-3-9-7(8)4-5-21-9/h4-6,8H,1-3H2,(H,18,19,20). The van der Waals surface area contributed by atoms with E-state index in [-0.39, 0.29) is 17.0 Å². The van der Waals surface area contributed by atoms with Gasteiger partial charge in [0, 0.05) is 10.9 Å². The van der Waals surface area contributed by atoms with Crippen molar-refractivity contribution in [1.29, 1.82) is 0 Å². The Morgan fingerprint density at radius 2 is 2.14 bits per heavy atom. The van der Waals surface area contributed by atoms with E-state index in [0.717, 1.165) is 24.8 Å². The van der Waals surface area contributed by atoms with Gasteiger partial charge in [0.2, 0.25) is 5.82 Å². The van der Waals surface area contributed by atoms with Crippen LogP contribution in [0.3, 0.4) is 0 Å². The number of halogens is 4. The van der Waals surface area contributed by atoms with Crippen molar-refractivity contribution in [2.24, 2.45) is 0 Å². The molecule has 0 spiro atoms. The van der Waals surface area contributed by atoms with Gasteiger partial charge in [0.25, 0.3) is 0 Å². The predicted molar refractivity (Wildman–Crippen MR) is 75.7 cm³/mol. The lowest BCUT2D eigenvalue weighted by Gasteiger charge is -2.24. The molecule has 1 aliphatic rings. The molecule has 1 aliphatic carbocycles. The second-order valence-corrected chi connectivity index (χ2v) is 6.17. The van der Waals surface area contributed by atoms with Crippen LogP contribution in [0, 0.1) is 0 Å². The molecule has 0 radical (unpaired) electrons. The molecule has 2 heterocycles. The maximum absolute atomic E-state index is 12.7. The minimum atomic E-state index is -4.61. The molecule has 1 N–H and O–H groups in total. The van der Waals surface area contributed by atoms with Crippen molar-refractivity contribution >= 4 is 28.8 Å². The number of hydrogen-bond acceptors (Lipinski definition) is 4. The number of thiophene rings is 1. The van der Waals surface area contributed by atoms with E-state index in [2.05, 4.69) is 15.3 Å². The molecule has 0 saturated carbocycles. The molecule has 8 heteroatoms. The molecule has 1 unspecified atom stereocenters. The van der Waals surface area contributed by atoms with Gasteiger partial charge in [0.1, 0.15) is 11.0 Å². The van der Waals surface area contributed by atoms with Gasteiger partial charge < -0.3 is 5.32 Å². The summed E-state index contributed by atoms with van der Waals surface area (Å²) in [7, 11) is 0. The maximum atomic E-state index is 12.7. The molecule has 0 saturated heterocycles. The van der Waals surface area contributed by atoms with E-state index in [1.54, 1.807) is 11.3 Å². The molecule has 0 aromatic carbocycles. The minimum absolute atomic E-state index is 0.0351. The average Bonchev–Trinajstić information content (AvgIpc) is 2.86. The molecule has 0 amide bonds. The monoisotopic (exact) mass is 333 g/mol. The maximum Gasteiger partial charge on any atom is 0.451 e. The van der Waals surface area contributed by atoms with Gasteiger partial charge in [-0.05, 0) is 36.3 Å². The summed E-state index contributed by atoms with van der Waals surface area (Å²) in [5.41, 5.74) is 1.13. The zero-order valence-electron chi connectivity index (χ0n) is 10.7. The molecule has 0 fully saturated rings. The van der Waals surface area contributed by atoms with Crippen LogP contribution in [0.25, 0.3) is 0 Å².